The Labute approximate surface area is 95.5 Å². The smallest absolute Gasteiger partial charge is 0.206 e. The Balaban J connectivity index is 2.46. The molecule has 0 aliphatic carbocycles. The molecule has 0 N–H and O–H groups in total. The Bertz CT molecular complexity index is 515. The summed E-state index contributed by atoms with van der Waals surface area (Å²) in [6, 6.07) is 11.6. The first-order valence-corrected chi connectivity index (χ1v) is 4.82. The van der Waals surface area contributed by atoms with Crippen LogP contribution in [0.25, 0.3) is 11.1 Å². The highest BCUT2D eigenvalue weighted by molar-refractivity contribution is 5.64. The molecule has 87 valence electrons. The minimum absolute atomic E-state index is 0.134. The molecule has 0 nitrogen and oxygen atoms in total. The van der Waals surface area contributed by atoms with Crippen LogP contribution in [0.3, 0.4) is 0 Å². The zero-order valence-electron chi connectivity index (χ0n) is 8.55. The van der Waals surface area contributed by atoms with Gasteiger partial charge in [0.15, 0.2) is 0 Å². The van der Waals surface area contributed by atoms with E-state index in [2.05, 4.69) is 6.07 Å². The van der Waals surface area contributed by atoms with E-state index in [1.165, 1.54) is 6.07 Å². The molecule has 17 heavy (non-hydrogen) atoms. The van der Waals surface area contributed by atoms with E-state index in [0.717, 1.165) is 12.1 Å². The van der Waals surface area contributed by atoms with Gasteiger partial charge in [0.25, 0.3) is 0 Å². The van der Waals surface area contributed by atoms with Crippen LogP contribution in [0.5, 0.6) is 0 Å². The number of hydrogen-bond acceptors (Lipinski definition) is 0. The summed E-state index contributed by atoms with van der Waals surface area (Å²) in [5.74, 6) is -0.889. The molecule has 0 fully saturated rings. The average molecular weight is 239 g/mol. The first-order chi connectivity index (χ1) is 7.98. The second-order valence-electron chi connectivity index (χ2n) is 3.48. The molecule has 0 heterocycles. The van der Waals surface area contributed by atoms with Crippen molar-refractivity contribution < 1.29 is 17.6 Å². The summed E-state index contributed by atoms with van der Waals surface area (Å²) < 4.78 is 50.5. The molecule has 0 aliphatic rings. The maximum Gasteiger partial charge on any atom is 0.416 e. The van der Waals surface area contributed by atoms with E-state index in [1.54, 1.807) is 18.2 Å². The van der Waals surface area contributed by atoms with Crippen molar-refractivity contribution in [3.8, 4) is 11.1 Å². The fraction of sp³-hybridized carbons (Fsp3) is 0.0769. The third-order valence-electron chi connectivity index (χ3n) is 2.31. The van der Waals surface area contributed by atoms with Gasteiger partial charge in [0.1, 0.15) is 5.82 Å². The van der Waals surface area contributed by atoms with Gasteiger partial charge >= 0.3 is 6.18 Å². The standard InChI is InChI=1S/C13H7F4/c14-12-8-10(13(15,16)17)6-7-11(12)9-4-2-1-3-5-9/h1-2,4-8H. The van der Waals surface area contributed by atoms with Crippen LogP contribution in [-0.4, -0.2) is 0 Å². The van der Waals surface area contributed by atoms with Gasteiger partial charge in [0.05, 0.1) is 5.56 Å². The first-order valence-electron chi connectivity index (χ1n) is 4.82. The number of rotatable bonds is 1. The molecular formula is C13H7F4. The molecule has 2 aromatic carbocycles. The van der Waals surface area contributed by atoms with E-state index in [0.29, 0.717) is 11.6 Å². The Kier molecular flexibility index (Phi) is 2.88. The summed E-state index contributed by atoms with van der Waals surface area (Å²) in [6.07, 6.45) is -4.53. The molecule has 0 unspecified atom stereocenters. The van der Waals surface area contributed by atoms with Gasteiger partial charge in [-0.2, -0.15) is 13.2 Å². The maximum atomic E-state index is 13.6. The molecular weight excluding hydrogens is 232 g/mol. The highest BCUT2D eigenvalue weighted by Gasteiger charge is 2.31. The van der Waals surface area contributed by atoms with Gasteiger partial charge < -0.3 is 0 Å². The second-order valence-corrected chi connectivity index (χ2v) is 3.48. The van der Waals surface area contributed by atoms with Crippen LogP contribution in [0.2, 0.25) is 0 Å². The summed E-state index contributed by atoms with van der Waals surface area (Å²) in [5, 5.41) is 0. The molecule has 0 bridgehead atoms. The molecule has 0 saturated heterocycles. The molecule has 2 aromatic rings. The van der Waals surface area contributed by atoms with Gasteiger partial charge in [0.2, 0.25) is 0 Å². The topological polar surface area (TPSA) is 0 Å². The lowest BCUT2D eigenvalue weighted by Gasteiger charge is -2.09. The van der Waals surface area contributed by atoms with E-state index in [9.17, 15) is 17.6 Å². The van der Waals surface area contributed by atoms with Crippen molar-refractivity contribution in [3.05, 3.63) is 59.9 Å². The van der Waals surface area contributed by atoms with E-state index >= 15 is 0 Å². The number of hydrogen-bond donors (Lipinski definition) is 0. The van der Waals surface area contributed by atoms with Crippen LogP contribution in [0.15, 0.2) is 42.5 Å². The highest BCUT2D eigenvalue weighted by Crippen LogP contribution is 2.32. The lowest BCUT2D eigenvalue weighted by molar-refractivity contribution is -0.137. The zero-order chi connectivity index (χ0) is 12.5. The normalized spacial score (nSPS) is 11.5. The van der Waals surface area contributed by atoms with Crippen molar-refractivity contribution in [2.75, 3.05) is 0 Å². The summed E-state index contributed by atoms with van der Waals surface area (Å²) in [7, 11) is 0. The van der Waals surface area contributed by atoms with Crippen LogP contribution < -0.4 is 0 Å². The van der Waals surface area contributed by atoms with Crippen LogP contribution in [-0.2, 0) is 6.18 Å². The Morgan fingerprint density at radius 1 is 1.06 bits per heavy atom. The van der Waals surface area contributed by atoms with Crippen LogP contribution in [0.1, 0.15) is 5.56 Å². The number of benzene rings is 2. The predicted octanol–water partition coefficient (Wildman–Crippen LogP) is 4.31. The van der Waals surface area contributed by atoms with Gasteiger partial charge in [-0.15, -0.1) is 0 Å². The van der Waals surface area contributed by atoms with Crippen molar-refractivity contribution in [1.82, 2.24) is 0 Å². The van der Waals surface area contributed by atoms with Crippen LogP contribution in [0.4, 0.5) is 17.6 Å². The maximum absolute atomic E-state index is 13.6. The fourth-order valence-electron chi connectivity index (χ4n) is 1.49. The molecule has 0 spiro atoms. The molecule has 0 saturated carbocycles. The predicted molar refractivity (Wildman–Crippen MR) is 55.7 cm³/mol. The second kappa shape index (κ2) is 4.20. The Morgan fingerprint density at radius 3 is 2.35 bits per heavy atom. The SMILES string of the molecule is Fc1cc(C(F)(F)F)ccc1-c1c[c]ccc1. The van der Waals surface area contributed by atoms with Gasteiger partial charge in [-0.3, -0.25) is 0 Å². The molecule has 0 aromatic heterocycles. The van der Waals surface area contributed by atoms with Crippen molar-refractivity contribution in [2.24, 2.45) is 0 Å². The summed E-state index contributed by atoms with van der Waals surface area (Å²) in [6.45, 7) is 0. The van der Waals surface area contributed by atoms with Gasteiger partial charge in [0, 0.05) is 5.56 Å². The largest absolute Gasteiger partial charge is 0.416 e. The summed E-state index contributed by atoms with van der Waals surface area (Å²) in [4.78, 5) is 0. The van der Waals surface area contributed by atoms with Crippen molar-refractivity contribution >= 4 is 0 Å². The molecule has 0 atom stereocenters. The van der Waals surface area contributed by atoms with E-state index in [4.69, 9.17) is 0 Å². The minimum Gasteiger partial charge on any atom is -0.206 e. The van der Waals surface area contributed by atoms with Crippen LogP contribution >= 0.6 is 0 Å². The van der Waals surface area contributed by atoms with E-state index < -0.39 is 17.6 Å². The molecule has 0 aliphatic heterocycles. The first kappa shape index (κ1) is 11.6. The third-order valence-corrected chi connectivity index (χ3v) is 2.31. The number of alkyl halides is 3. The monoisotopic (exact) mass is 239 g/mol. The molecule has 2 rings (SSSR count). The summed E-state index contributed by atoms with van der Waals surface area (Å²) >= 11 is 0. The van der Waals surface area contributed by atoms with E-state index in [1.807, 2.05) is 0 Å². The molecule has 0 amide bonds. The van der Waals surface area contributed by atoms with Crippen LogP contribution in [0, 0.1) is 11.9 Å². The fourth-order valence-corrected chi connectivity index (χ4v) is 1.49. The van der Waals surface area contributed by atoms with Gasteiger partial charge in [-0.05, 0) is 29.8 Å². The van der Waals surface area contributed by atoms with Crippen molar-refractivity contribution in [1.29, 1.82) is 0 Å². The highest BCUT2D eigenvalue weighted by atomic mass is 19.4. The van der Waals surface area contributed by atoms with Gasteiger partial charge in [-0.1, -0.05) is 24.3 Å². The van der Waals surface area contributed by atoms with Crippen molar-refractivity contribution in [3.63, 3.8) is 0 Å². The molecule has 4 heteroatoms. The third kappa shape index (κ3) is 2.46. The Hall–Kier alpha value is -1.84. The zero-order valence-corrected chi connectivity index (χ0v) is 8.55. The summed E-state index contributed by atoms with van der Waals surface area (Å²) in [5.41, 5.74) is -0.354. The van der Waals surface area contributed by atoms with Gasteiger partial charge in [-0.25, -0.2) is 4.39 Å². The number of halogens is 4. The van der Waals surface area contributed by atoms with Crippen molar-refractivity contribution in [2.45, 2.75) is 6.18 Å². The molecule has 1 radical (unpaired) electrons. The minimum atomic E-state index is -4.53. The lowest BCUT2D eigenvalue weighted by atomic mass is 10.0. The van der Waals surface area contributed by atoms with E-state index in [-0.39, 0.29) is 5.56 Å². The lowest BCUT2D eigenvalue weighted by Crippen LogP contribution is -2.05. The average Bonchev–Trinajstić information content (AvgIpc) is 2.29. The Morgan fingerprint density at radius 2 is 1.82 bits per heavy atom. The quantitative estimate of drug-likeness (QED) is 0.650.